The van der Waals surface area contributed by atoms with Crippen LogP contribution in [-0.4, -0.2) is 27.7 Å². The highest BCUT2D eigenvalue weighted by molar-refractivity contribution is 6.30. The van der Waals surface area contributed by atoms with E-state index in [2.05, 4.69) is 0 Å². The van der Waals surface area contributed by atoms with E-state index in [0.29, 0.717) is 32.7 Å². The number of carbonyl (C=O) groups is 2. The minimum absolute atomic E-state index is 0.0641. The van der Waals surface area contributed by atoms with E-state index < -0.39 is 5.92 Å². The zero-order valence-corrected chi connectivity index (χ0v) is 16.9. The van der Waals surface area contributed by atoms with Gasteiger partial charge in [0, 0.05) is 21.7 Å². The van der Waals surface area contributed by atoms with Crippen LogP contribution in [0.15, 0.2) is 42.5 Å². The SMILES string of the molecule is Cc1c(C(C)C(=O)OC(C)C)c2cc(O)ccc2n1C(=O)c1ccc(Cl)cc1. The number of aromatic nitrogens is 1. The minimum Gasteiger partial charge on any atom is -0.508 e. The van der Waals surface area contributed by atoms with Crippen LogP contribution in [0.25, 0.3) is 10.9 Å². The van der Waals surface area contributed by atoms with Gasteiger partial charge in [0.05, 0.1) is 17.5 Å². The fourth-order valence-electron chi connectivity index (χ4n) is 3.41. The molecule has 0 spiro atoms. The third-order valence-electron chi connectivity index (χ3n) is 4.67. The molecular formula is C22H22ClNO4. The Labute approximate surface area is 168 Å². The fraction of sp³-hybridized carbons (Fsp3) is 0.273. The molecule has 0 aliphatic carbocycles. The summed E-state index contributed by atoms with van der Waals surface area (Å²) in [5.74, 6) is -1.14. The molecule has 1 heterocycles. The van der Waals surface area contributed by atoms with Crippen LogP contribution < -0.4 is 0 Å². The van der Waals surface area contributed by atoms with Gasteiger partial charge in [-0.05, 0) is 75.7 Å². The van der Waals surface area contributed by atoms with E-state index >= 15 is 0 Å². The van der Waals surface area contributed by atoms with Gasteiger partial charge in [0.15, 0.2) is 0 Å². The number of benzene rings is 2. The average molecular weight is 400 g/mol. The van der Waals surface area contributed by atoms with Crippen molar-refractivity contribution >= 4 is 34.4 Å². The van der Waals surface area contributed by atoms with Crippen molar-refractivity contribution in [3.63, 3.8) is 0 Å². The molecule has 1 atom stereocenters. The number of hydrogen-bond acceptors (Lipinski definition) is 4. The van der Waals surface area contributed by atoms with Crippen molar-refractivity contribution in [1.82, 2.24) is 4.57 Å². The zero-order chi connectivity index (χ0) is 20.6. The fourth-order valence-corrected chi connectivity index (χ4v) is 3.54. The van der Waals surface area contributed by atoms with Crippen LogP contribution in [0.5, 0.6) is 5.75 Å². The second kappa shape index (κ2) is 7.68. The molecule has 0 bridgehead atoms. The monoisotopic (exact) mass is 399 g/mol. The van der Waals surface area contributed by atoms with Gasteiger partial charge in [0.2, 0.25) is 0 Å². The lowest BCUT2D eigenvalue weighted by atomic mass is 9.98. The van der Waals surface area contributed by atoms with E-state index in [1.165, 1.54) is 6.07 Å². The Kier molecular flexibility index (Phi) is 5.47. The normalized spacial score (nSPS) is 12.4. The maximum atomic E-state index is 13.2. The summed E-state index contributed by atoms with van der Waals surface area (Å²) >= 11 is 5.93. The standard InChI is InChI=1S/C22H22ClNO4/c1-12(2)28-22(27)13(3)20-14(4)24(19-10-9-17(25)11-18(19)20)21(26)15-5-7-16(23)8-6-15/h5-13,25H,1-4H3. The number of esters is 1. The van der Waals surface area contributed by atoms with Crippen molar-refractivity contribution in [2.75, 3.05) is 0 Å². The van der Waals surface area contributed by atoms with Crippen molar-refractivity contribution in [1.29, 1.82) is 0 Å². The van der Waals surface area contributed by atoms with Crippen molar-refractivity contribution < 1.29 is 19.4 Å². The molecule has 28 heavy (non-hydrogen) atoms. The van der Waals surface area contributed by atoms with E-state index in [0.717, 1.165) is 0 Å². The van der Waals surface area contributed by atoms with Crippen molar-refractivity contribution in [2.45, 2.75) is 39.7 Å². The Hall–Kier alpha value is -2.79. The predicted octanol–water partition coefficient (Wildman–Crippen LogP) is 5.05. The number of nitrogens with zero attached hydrogens (tertiary/aromatic N) is 1. The number of rotatable bonds is 4. The largest absolute Gasteiger partial charge is 0.508 e. The molecule has 0 amide bonds. The second-order valence-corrected chi connectivity index (χ2v) is 7.49. The topological polar surface area (TPSA) is 68.5 Å². The molecule has 0 aliphatic heterocycles. The Balaban J connectivity index is 2.19. The van der Waals surface area contributed by atoms with Crippen LogP contribution in [0.4, 0.5) is 0 Å². The van der Waals surface area contributed by atoms with Crippen LogP contribution in [0.2, 0.25) is 5.02 Å². The zero-order valence-electron chi connectivity index (χ0n) is 16.2. The Morgan fingerprint density at radius 1 is 1.07 bits per heavy atom. The van der Waals surface area contributed by atoms with Crippen molar-refractivity contribution in [2.24, 2.45) is 0 Å². The van der Waals surface area contributed by atoms with Gasteiger partial charge in [-0.25, -0.2) is 0 Å². The van der Waals surface area contributed by atoms with Gasteiger partial charge in [-0.1, -0.05) is 11.6 Å². The summed E-state index contributed by atoms with van der Waals surface area (Å²) in [6, 6.07) is 11.4. The quantitative estimate of drug-likeness (QED) is 0.623. The number of carbonyl (C=O) groups excluding carboxylic acids is 2. The van der Waals surface area contributed by atoms with Crippen molar-refractivity contribution in [3.8, 4) is 5.75 Å². The summed E-state index contributed by atoms with van der Waals surface area (Å²) in [5.41, 5.74) is 2.39. The molecule has 0 saturated heterocycles. The van der Waals surface area contributed by atoms with Crippen LogP contribution >= 0.6 is 11.6 Å². The number of phenols is 1. The molecular weight excluding hydrogens is 378 g/mol. The lowest BCUT2D eigenvalue weighted by Gasteiger charge is -2.15. The summed E-state index contributed by atoms with van der Waals surface area (Å²) in [6.45, 7) is 7.11. The average Bonchev–Trinajstić information content (AvgIpc) is 2.91. The highest BCUT2D eigenvalue weighted by Crippen LogP contribution is 2.35. The molecule has 0 radical (unpaired) electrons. The smallest absolute Gasteiger partial charge is 0.313 e. The van der Waals surface area contributed by atoms with Gasteiger partial charge in [-0.3, -0.25) is 14.2 Å². The third kappa shape index (κ3) is 3.62. The van der Waals surface area contributed by atoms with E-state index in [9.17, 15) is 14.7 Å². The Bertz CT molecular complexity index is 1050. The van der Waals surface area contributed by atoms with Crippen LogP contribution in [0, 0.1) is 6.92 Å². The molecule has 1 aromatic heterocycles. The lowest BCUT2D eigenvalue weighted by molar-refractivity contribution is -0.148. The number of fused-ring (bicyclic) bond motifs is 1. The molecule has 0 fully saturated rings. The Morgan fingerprint density at radius 2 is 1.71 bits per heavy atom. The molecule has 6 heteroatoms. The molecule has 146 valence electrons. The minimum atomic E-state index is -0.592. The highest BCUT2D eigenvalue weighted by Gasteiger charge is 2.28. The summed E-state index contributed by atoms with van der Waals surface area (Å²) in [7, 11) is 0. The molecule has 1 N–H and O–H groups in total. The molecule has 5 nitrogen and oxygen atoms in total. The molecule has 0 aliphatic rings. The summed E-state index contributed by atoms with van der Waals surface area (Å²) in [6.07, 6.45) is -0.243. The first-order valence-electron chi connectivity index (χ1n) is 9.05. The molecule has 0 saturated carbocycles. The predicted molar refractivity (Wildman–Crippen MR) is 109 cm³/mol. The first-order chi connectivity index (χ1) is 13.2. The van der Waals surface area contributed by atoms with E-state index in [4.69, 9.17) is 16.3 Å². The number of hydrogen-bond donors (Lipinski definition) is 1. The number of aromatic hydroxyl groups is 1. The van der Waals surface area contributed by atoms with Gasteiger partial charge < -0.3 is 9.84 Å². The lowest BCUT2D eigenvalue weighted by Crippen LogP contribution is -2.19. The number of halogens is 1. The van der Waals surface area contributed by atoms with Crippen LogP contribution in [0.3, 0.4) is 0 Å². The molecule has 3 aromatic rings. The molecule has 1 unspecified atom stereocenters. The van der Waals surface area contributed by atoms with E-state index in [1.54, 1.807) is 68.7 Å². The van der Waals surface area contributed by atoms with Crippen LogP contribution in [-0.2, 0) is 9.53 Å². The van der Waals surface area contributed by atoms with Gasteiger partial charge in [0.25, 0.3) is 5.91 Å². The molecule has 3 rings (SSSR count). The summed E-state index contributed by atoms with van der Waals surface area (Å²) in [5, 5.41) is 11.2. The summed E-state index contributed by atoms with van der Waals surface area (Å²) < 4.78 is 6.92. The van der Waals surface area contributed by atoms with Gasteiger partial charge in [-0.15, -0.1) is 0 Å². The maximum absolute atomic E-state index is 13.2. The summed E-state index contributed by atoms with van der Waals surface area (Å²) in [4.78, 5) is 25.7. The van der Waals surface area contributed by atoms with Gasteiger partial charge in [0.1, 0.15) is 5.75 Å². The third-order valence-corrected chi connectivity index (χ3v) is 4.92. The van der Waals surface area contributed by atoms with E-state index in [-0.39, 0.29) is 23.7 Å². The van der Waals surface area contributed by atoms with Crippen LogP contribution in [0.1, 0.15) is 48.3 Å². The second-order valence-electron chi connectivity index (χ2n) is 7.06. The number of phenolic OH excluding ortho intramolecular Hbond substituents is 1. The van der Waals surface area contributed by atoms with Gasteiger partial charge >= 0.3 is 5.97 Å². The Morgan fingerprint density at radius 3 is 2.32 bits per heavy atom. The first-order valence-corrected chi connectivity index (χ1v) is 9.43. The van der Waals surface area contributed by atoms with Crippen molar-refractivity contribution in [3.05, 3.63) is 64.3 Å². The maximum Gasteiger partial charge on any atom is 0.313 e. The van der Waals surface area contributed by atoms with Gasteiger partial charge in [-0.2, -0.15) is 0 Å². The molecule has 2 aromatic carbocycles. The van der Waals surface area contributed by atoms with E-state index in [1.807, 2.05) is 0 Å². The highest BCUT2D eigenvalue weighted by atomic mass is 35.5. The first kappa shape index (κ1) is 20.0. The number of ether oxygens (including phenoxy) is 1.